The summed E-state index contributed by atoms with van der Waals surface area (Å²) in [6.45, 7) is 5.76. The first-order valence-electron chi connectivity index (χ1n) is 8.41. The van der Waals surface area contributed by atoms with E-state index in [1.165, 1.54) is 19.8 Å². The summed E-state index contributed by atoms with van der Waals surface area (Å²) in [4.78, 5) is 23.2. The summed E-state index contributed by atoms with van der Waals surface area (Å²) in [5.74, 6) is -1.43. The minimum Gasteiger partial charge on any atom is -0.478 e. The quantitative estimate of drug-likeness (QED) is 0.395. The van der Waals surface area contributed by atoms with E-state index in [9.17, 15) is 14.7 Å². The summed E-state index contributed by atoms with van der Waals surface area (Å²) in [7, 11) is 0. The highest BCUT2D eigenvalue weighted by Gasteiger charge is 2.36. The van der Waals surface area contributed by atoms with Gasteiger partial charge in [0.1, 0.15) is 0 Å². The third kappa shape index (κ3) is 9.48. The van der Waals surface area contributed by atoms with Gasteiger partial charge in [-0.15, -0.1) is 0 Å². The lowest BCUT2D eigenvalue weighted by atomic mass is 9.97. The number of carbonyl (C=O) groups excluding carboxylic acids is 1. The van der Waals surface area contributed by atoms with Crippen LogP contribution in [0, 0.1) is 0 Å². The van der Waals surface area contributed by atoms with Crippen molar-refractivity contribution in [2.45, 2.75) is 97.0 Å². The molecule has 0 aromatic heterocycles. The number of hydrogen-bond acceptors (Lipinski definition) is 3. The maximum absolute atomic E-state index is 11.8. The van der Waals surface area contributed by atoms with Gasteiger partial charge in [-0.25, -0.2) is 4.79 Å². The standard InChI is InChI=1S/C17H32O4/c1-4-6-8-10-11-13-15(18)21-17(3,16(19)20)14-12-9-7-5-2/h4-14H2,1-3H3,(H,19,20). The third-order valence-corrected chi connectivity index (χ3v) is 3.78. The van der Waals surface area contributed by atoms with E-state index >= 15 is 0 Å². The van der Waals surface area contributed by atoms with Crippen molar-refractivity contribution in [3.8, 4) is 0 Å². The van der Waals surface area contributed by atoms with Gasteiger partial charge in [0.05, 0.1) is 0 Å². The molecule has 0 heterocycles. The van der Waals surface area contributed by atoms with Crippen molar-refractivity contribution >= 4 is 11.9 Å². The van der Waals surface area contributed by atoms with Gasteiger partial charge in [0.15, 0.2) is 0 Å². The minimum atomic E-state index is -1.37. The zero-order chi connectivity index (χ0) is 16.1. The highest BCUT2D eigenvalue weighted by molar-refractivity contribution is 5.81. The fourth-order valence-corrected chi connectivity index (χ4v) is 2.27. The first-order valence-corrected chi connectivity index (χ1v) is 8.41. The number of hydrogen-bond donors (Lipinski definition) is 1. The second kappa shape index (κ2) is 11.6. The molecule has 0 spiro atoms. The normalized spacial score (nSPS) is 13.7. The molecule has 4 heteroatoms. The van der Waals surface area contributed by atoms with Crippen molar-refractivity contribution in [2.75, 3.05) is 0 Å². The lowest BCUT2D eigenvalue weighted by Gasteiger charge is -2.25. The molecule has 0 bridgehead atoms. The number of rotatable bonds is 13. The Balaban J connectivity index is 4.10. The van der Waals surface area contributed by atoms with Gasteiger partial charge >= 0.3 is 11.9 Å². The molecule has 0 aromatic carbocycles. The summed E-state index contributed by atoms with van der Waals surface area (Å²) >= 11 is 0. The van der Waals surface area contributed by atoms with E-state index in [-0.39, 0.29) is 5.97 Å². The number of carbonyl (C=O) groups is 2. The van der Waals surface area contributed by atoms with Crippen LogP contribution in [0.3, 0.4) is 0 Å². The van der Waals surface area contributed by atoms with E-state index in [1.54, 1.807) is 0 Å². The summed E-state index contributed by atoms with van der Waals surface area (Å²) in [6.07, 6.45) is 9.91. The SMILES string of the molecule is CCCCCCCC(=O)OC(C)(CCCCCC)C(=O)O. The monoisotopic (exact) mass is 300 g/mol. The lowest BCUT2D eigenvalue weighted by Crippen LogP contribution is -2.40. The van der Waals surface area contributed by atoms with Crippen LogP contribution in [0.2, 0.25) is 0 Å². The number of aliphatic carboxylic acids is 1. The minimum absolute atomic E-state index is 0.321. The molecule has 0 rings (SSSR count). The molecular weight excluding hydrogens is 268 g/mol. The van der Waals surface area contributed by atoms with Crippen LogP contribution in [-0.4, -0.2) is 22.6 Å². The Bertz CT molecular complexity index is 301. The largest absolute Gasteiger partial charge is 0.478 e. The van der Waals surface area contributed by atoms with Crippen LogP contribution in [0.5, 0.6) is 0 Å². The molecule has 1 N–H and O–H groups in total. The van der Waals surface area contributed by atoms with E-state index in [2.05, 4.69) is 13.8 Å². The highest BCUT2D eigenvalue weighted by atomic mass is 16.6. The second-order valence-electron chi connectivity index (χ2n) is 5.98. The van der Waals surface area contributed by atoms with Crippen LogP contribution in [0.15, 0.2) is 0 Å². The Hall–Kier alpha value is -1.06. The summed E-state index contributed by atoms with van der Waals surface area (Å²) < 4.78 is 5.25. The van der Waals surface area contributed by atoms with Gasteiger partial charge in [0.25, 0.3) is 0 Å². The van der Waals surface area contributed by atoms with Gasteiger partial charge in [-0.3, -0.25) is 4.79 Å². The van der Waals surface area contributed by atoms with E-state index in [4.69, 9.17) is 4.74 Å². The first-order chi connectivity index (χ1) is 9.96. The van der Waals surface area contributed by atoms with Crippen molar-refractivity contribution < 1.29 is 19.4 Å². The maximum atomic E-state index is 11.8. The molecule has 0 saturated carbocycles. The fraction of sp³-hybridized carbons (Fsp3) is 0.882. The van der Waals surface area contributed by atoms with Gasteiger partial charge in [0, 0.05) is 6.42 Å². The average Bonchev–Trinajstić information content (AvgIpc) is 2.43. The molecule has 0 radical (unpaired) electrons. The van der Waals surface area contributed by atoms with E-state index < -0.39 is 11.6 Å². The molecule has 1 atom stereocenters. The molecule has 124 valence electrons. The number of unbranched alkanes of at least 4 members (excludes halogenated alkanes) is 7. The van der Waals surface area contributed by atoms with Gasteiger partial charge in [-0.05, 0) is 26.2 Å². The van der Waals surface area contributed by atoms with Crippen LogP contribution in [-0.2, 0) is 14.3 Å². The summed E-state index contributed by atoms with van der Waals surface area (Å²) in [6, 6.07) is 0. The van der Waals surface area contributed by atoms with Crippen molar-refractivity contribution in [3.05, 3.63) is 0 Å². The molecule has 0 fully saturated rings. The Kier molecular flexibility index (Phi) is 11.0. The molecule has 21 heavy (non-hydrogen) atoms. The Morgan fingerprint density at radius 2 is 1.43 bits per heavy atom. The van der Waals surface area contributed by atoms with Crippen LogP contribution in [0.25, 0.3) is 0 Å². The topological polar surface area (TPSA) is 63.6 Å². The summed E-state index contributed by atoms with van der Waals surface area (Å²) in [5, 5.41) is 9.30. The zero-order valence-electron chi connectivity index (χ0n) is 14.0. The van der Waals surface area contributed by atoms with Crippen LogP contribution < -0.4 is 0 Å². The van der Waals surface area contributed by atoms with Gasteiger partial charge in [-0.2, -0.15) is 0 Å². The zero-order valence-corrected chi connectivity index (χ0v) is 14.0. The van der Waals surface area contributed by atoms with E-state index in [1.807, 2.05) is 0 Å². The van der Waals surface area contributed by atoms with Crippen molar-refractivity contribution in [2.24, 2.45) is 0 Å². The Labute approximate surface area is 129 Å². The molecule has 0 aromatic rings. The van der Waals surface area contributed by atoms with Crippen LogP contribution in [0.4, 0.5) is 0 Å². The van der Waals surface area contributed by atoms with Gasteiger partial charge in [-0.1, -0.05) is 58.8 Å². The van der Waals surface area contributed by atoms with Crippen LogP contribution >= 0.6 is 0 Å². The fourth-order valence-electron chi connectivity index (χ4n) is 2.27. The molecule has 0 aliphatic carbocycles. The predicted octanol–water partition coefficient (Wildman–Crippen LogP) is 4.70. The summed E-state index contributed by atoms with van der Waals surface area (Å²) in [5.41, 5.74) is -1.37. The number of ether oxygens (including phenoxy) is 1. The van der Waals surface area contributed by atoms with E-state index in [0.29, 0.717) is 12.8 Å². The van der Waals surface area contributed by atoms with Crippen molar-refractivity contribution in [1.82, 2.24) is 0 Å². The molecule has 0 aliphatic rings. The van der Waals surface area contributed by atoms with Crippen molar-refractivity contribution in [1.29, 1.82) is 0 Å². The van der Waals surface area contributed by atoms with Crippen LogP contribution in [0.1, 0.15) is 91.4 Å². The van der Waals surface area contributed by atoms with Crippen molar-refractivity contribution in [3.63, 3.8) is 0 Å². The molecule has 1 unspecified atom stereocenters. The van der Waals surface area contributed by atoms with E-state index in [0.717, 1.165) is 44.9 Å². The average molecular weight is 300 g/mol. The molecule has 4 nitrogen and oxygen atoms in total. The third-order valence-electron chi connectivity index (χ3n) is 3.78. The highest BCUT2D eigenvalue weighted by Crippen LogP contribution is 2.21. The number of carboxylic acids is 1. The second-order valence-corrected chi connectivity index (χ2v) is 5.98. The van der Waals surface area contributed by atoms with Gasteiger partial charge < -0.3 is 9.84 Å². The molecular formula is C17H32O4. The number of carboxylic acid groups (broad SMARTS) is 1. The predicted molar refractivity (Wildman–Crippen MR) is 84.3 cm³/mol. The smallest absolute Gasteiger partial charge is 0.347 e. The maximum Gasteiger partial charge on any atom is 0.347 e. The lowest BCUT2D eigenvalue weighted by molar-refractivity contribution is -0.177. The number of esters is 1. The van der Waals surface area contributed by atoms with Gasteiger partial charge in [0.2, 0.25) is 5.60 Å². The molecule has 0 amide bonds. The Morgan fingerprint density at radius 1 is 0.905 bits per heavy atom. The molecule has 0 aliphatic heterocycles. The Morgan fingerprint density at radius 3 is 1.95 bits per heavy atom. The first kappa shape index (κ1) is 19.9. The molecule has 0 saturated heterocycles.